The summed E-state index contributed by atoms with van der Waals surface area (Å²) in [7, 11) is 0. The maximum absolute atomic E-state index is 13.1. The first kappa shape index (κ1) is 16.7. The molecule has 0 saturated heterocycles. The lowest BCUT2D eigenvalue weighted by Gasteiger charge is -2.15. The molecule has 1 amide bonds. The SMILES string of the molecule is CCOc1ccc(NC(=O)[C@H](C)Oc2ccc(F)c(F)c2)cc1. The Morgan fingerprint density at radius 2 is 1.74 bits per heavy atom. The van der Waals surface area contributed by atoms with Crippen molar-refractivity contribution in [2.45, 2.75) is 20.0 Å². The van der Waals surface area contributed by atoms with Gasteiger partial charge in [-0.15, -0.1) is 0 Å². The summed E-state index contributed by atoms with van der Waals surface area (Å²) in [5, 5.41) is 2.67. The van der Waals surface area contributed by atoms with Crippen LogP contribution in [0, 0.1) is 11.6 Å². The van der Waals surface area contributed by atoms with Gasteiger partial charge in [0.25, 0.3) is 5.91 Å². The van der Waals surface area contributed by atoms with Crippen LogP contribution in [0.2, 0.25) is 0 Å². The fourth-order valence-electron chi connectivity index (χ4n) is 1.85. The second-order valence-corrected chi connectivity index (χ2v) is 4.78. The van der Waals surface area contributed by atoms with E-state index in [2.05, 4.69) is 5.32 Å². The Kier molecular flexibility index (Phi) is 5.51. The molecular weight excluding hydrogens is 304 g/mol. The molecule has 6 heteroatoms. The van der Waals surface area contributed by atoms with E-state index in [4.69, 9.17) is 9.47 Å². The van der Waals surface area contributed by atoms with Crippen LogP contribution in [-0.4, -0.2) is 18.6 Å². The summed E-state index contributed by atoms with van der Waals surface area (Å²) in [6.45, 7) is 3.96. The first-order chi connectivity index (χ1) is 11.0. The zero-order chi connectivity index (χ0) is 16.8. The first-order valence-corrected chi connectivity index (χ1v) is 7.15. The third-order valence-corrected chi connectivity index (χ3v) is 3.01. The van der Waals surface area contributed by atoms with Crippen molar-refractivity contribution in [3.63, 3.8) is 0 Å². The molecule has 0 unspecified atom stereocenters. The van der Waals surface area contributed by atoms with Gasteiger partial charge in [0.05, 0.1) is 6.61 Å². The van der Waals surface area contributed by atoms with Gasteiger partial charge in [-0.3, -0.25) is 4.79 Å². The molecule has 122 valence electrons. The van der Waals surface area contributed by atoms with Gasteiger partial charge in [0.2, 0.25) is 0 Å². The van der Waals surface area contributed by atoms with Crippen LogP contribution in [0.15, 0.2) is 42.5 Å². The minimum atomic E-state index is -1.03. The lowest BCUT2D eigenvalue weighted by molar-refractivity contribution is -0.122. The molecule has 0 aliphatic rings. The average Bonchev–Trinajstić information content (AvgIpc) is 2.53. The molecule has 23 heavy (non-hydrogen) atoms. The molecule has 0 spiro atoms. The van der Waals surface area contributed by atoms with E-state index in [9.17, 15) is 13.6 Å². The normalized spacial score (nSPS) is 11.7. The summed E-state index contributed by atoms with van der Waals surface area (Å²) in [5.41, 5.74) is 0.583. The van der Waals surface area contributed by atoms with E-state index in [1.807, 2.05) is 6.92 Å². The Labute approximate surface area is 133 Å². The highest BCUT2D eigenvalue weighted by Gasteiger charge is 2.16. The number of carbonyl (C=O) groups is 1. The van der Waals surface area contributed by atoms with Crippen molar-refractivity contribution in [2.75, 3.05) is 11.9 Å². The van der Waals surface area contributed by atoms with Crippen LogP contribution in [0.3, 0.4) is 0 Å². The maximum Gasteiger partial charge on any atom is 0.265 e. The van der Waals surface area contributed by atoms with Gasteiger partial charge in [-0.05, 0) is 50.2 Å². The number of rotatable bonds is 6. The lowest BCUT2D eigenvalue weighted by atomic mass is 10.2. The molecular formula is C17H17F2NO3. The molecule has 2 aromatic carbocycles. The van der Waals surface area contributed by atoms with E-state index < -0.39 is 23.6 Å². The summed E-state index contributed by atoms with van der Waals surface area (Å²) in [6, 6.07) is 9.98. The highest BCUT2D eigenvalue weighted by Crippen LogP contribution is 2.18. The number of benzene rings is 2. The molecule has 1 atom stereocenters. The van der Waals surface area contributed by atoms with Gasteiger partial charge in [0, 0.05) is 11.8 Å². The van der Waals surface area contributed by atoms with Crippen molar-refractivity contribution >= 4 is 11.6 Å². The molecule has 4 nitrogen and oxygen atoms in total. The molecule has 0 heterocycles. The molecule has 0 bridgehead atoms. The van der Waals surface area contributed by atoms with Crippen LogP contribution in [0.25, 0.3) is 0 Å². The topological polar surface area (TPSA) is 47.6 Å². The van der Waals surface area contributed by atoms with Gasteiger partial charge < -0.3 is 14.8 Å². The zero-order valence-corrected chi connectivity index (χ0v) is 12.8. The summed E-state index contributed by atoms with van der Waals surface area (Å²) in [4.78, 5) is 12.0. The quantitative estimate of drug-likeness (QED) is 0.881. The van der Waals surface area contributed by atoms with E-state index in [1.165, 1.54) is 13.0 Å². The fraction of sp³-hybridized carbons (Fsp3) is 0.235. The van der Waals surface area contributed by atoms with Gasteiger partial charge in [0.1, 0.15) is 11.5 Å². The summed E-state index contributed by atoms with van der Waals surface area (Å²) < 4.78 is 36.6. The van der Waals surface area contributed by atoms with E-state index in [0.717, 1.165) is 12.1 Å². The Hall–Kier alpha value is -2.63. The summed E-state index contributed by atoms with van der Waals surface area (Å²) >= 11 is 0. The van der Waals surface area contributed by atoms with Crippen LogP contribution in [0.5, 0.6) is 11.5 Å². The average molecular weight is 321 g/mol. The summed E-state index contributed by atoms with van der Waals surface area (Å²) in [6.07, 6.45) is -0.869. The molecule has 1 N–H and O–H groups in total. The molecule has 0 fully saturated rings. The monoisotopic (exact) mass is 321 g/mol. The van der Waals surface area contributed by atoms with Crippen LogP contribution >= 0.6 is 0 Å². The third kappa shape index (κ3) is 4.67. The number of amides is 1. The van der Waals surface area contributed by atoms with Crippen molar-refractivity contribution in [1.29, 1.82) is 0 Å². The first-order valence-electron chi connectivity index (χ1n) is 7.15. The van der Waals surface area contributed by atoms with E-state index in [-0.39, 0.29) is 5.75 Å². The highest BCUT2D eigenvalue weighted by molar-refractivity contribution is 5.94. The van der Waals surface area contributed by atoms with Gasteiger partial charge in [0.15, 0.2) is 17.7 Å². The predicted molar refractivity (Wildman–Crippen MR) is 82.7 cm³/mol. The van der Waals surface area contributed by atoms with Crippen LogP contribution in [0.1, 0.15) is 13.8 Å². The molecule has 0 saturated carbocycles. The van der Waals surface area contributed by atoms with E-state index in [0.29, 0.717) is 18.0 Å². The number of anilines is 1. The Balaban J connectivity index is 1.95. The Morgan fingerprint density at radius 3 is 2.35 bits per heavy atom. The third-order valence-electron chi connectivity index (χ3n) is 3.01. The summed E-state index contributed by atoms with van der Waals surface area (Å²) in [5.74, 6) is -1.61. The Morgan fingerprint density at radius 1 is 1.09 bits per heavy atom. The molecule has 2 rings (SSSR count). The van der Waals surface area contributed by atoms with Crippen LogP contribution in [0.4, 0.5) is 14.5 Å². The zero-order valence-electron chi connectivity index (χ0n) is 12.8. The van der Waals surface area contributed by atoms with E-state index >= 15 is 0 Å². The number of hydrogen-bond donors (Lipinski definition) is 1. The van der Waals surface area contributed by atoms with Crippen molar-refractivity contribution < 1.29 is 23.0 Å². The maximum atomic E-state index is 13.1. The van der Waals surface area contributed by atoms with Crippen LogP contribution in [-0.2, 0) is 4.79 Å². The van der Waals surface area contributed by atoms with Crippen molar-refractivity contribution in [3.8, 4) is 11.5 Å². The number of ether oxygens (including phenoxy) is 2. The molecule has 2 aromatic rings. The van der Waals surface area contributed by atoms with Crippen LogP contribution < -0.4 is 14.8 Å². The van der Waals surface area contributed by atoms with Gasteiger partial charge in [-0.2, -0.15) is 0 Å². The number of hydrogen-bond acceptors (Lipinski definition) is 3. The molecule has 0 aliphatic carbocycles. The van der Waals surface area contributed by atoms with Crippen molar-refractivity contribution in [2.24, 2.45) is 0 Å². The van der Waals surface area contributed by atoms with Crippen molar-refractivity contribution in [3.05, 3.63) is 54.1 Å². The number of carbonyl (C=O) groups excluding carboxylic acids is 1. The molecule has 0 aromatic heterocycles. The van der Waals surface area contributed by atoms with Gasteiger partial charge >= 0.3 is 0 Å². The van der Waals surface area contributed by atoms with Gasteiger partial charge in [-0.25, -0.2) is 8.78 Å². The highest BCUT2D eigenvalue weighted by atomic mass is 19.2. The minimum absolute atomic E-state index is 0.0817. The number of halogens is 2. The molecule has 0 aliphatic heterocycles. The second-order valence-electron chi connectivity index (χ2n) is 4.78. The lowest BCUT2D eigenvalue weighted by Crippen LogP contribution is -2.30. The minimum Gasteiger partial charge on any atom is -0.494 e. The fourth-order valence-corrected chi connectivity index (χ4v) is 1.85. The predicted octanol–water partition coefficient (Wildman–Crippen LogP) is 3.77. The smallest absolute Gasteiger partial charge is 0.265 e. The number of nitrogens with one attached hydrogen (secondary N) is 1. The largest absolute Gasteiger partial charge is 0.494 e. The van der Waals surface area contributed by atoms with E-state index in [1.54, 1.807) is 24.3 Å². The molecule has 0 radical (unpaired) electrons. The van der Waals surface area contributed by atoms with Crippen molar-refractivity contribution in [1.82, 2.24) is 0 Å². The Bertz CT molecular complexity index is 674. The second kappa shape index (κ2) is 7.58. The standard InChI is InChI=1S/C17H17F2NO3/c1-3-22-13-6-4-12(5-7-13)20-17(21)11(2)23-14-8-9-15(18)16(19)10-14/h4-11H,3H2,1-2H3,(H,20,21)/t11-/m0/s1. The van der Waals surface area contributed by atoms with Gasteiger partial charge in [-0.1, -0.05) is 0 Å².